The lowest BCUT2D eigenvalue weighted by Crippen LogP contribution is -2.36. The van der Waals surface area contributed by atoms with Crippen LogP contribution in [0.4, 0.5) is 5.69 Å². The maximum atomic E-state index is 11.9. The van der Waals surface area contributed by atoms with E-state index >= 15 is 0 Å². The van der Waals surface area contributed by atoms with Crippen molar-refractivity contribution in [2.45, 2.75) is 46.0 Å². The van der Waals surface area contributed by atoms with Gasteiger partial charge in [0.15, 0.2) is 0 Å². The van der Waals surface area contributed by atoms with E-state index in [2.05, 4.69) is 30.6 Å². The molecule has 0 aromatic heterocycles. The third-order valence-corrected chi connectivity index (χ3v) is 4.02. The molecule has 5 heteroatoms. The SMILES string of the molecule is CC(C)COc1ccc(NC(=O)C(=O)NCCC2=CCCCC2)cc1. The van der Waals surface area contributed by atoms with Crippen LogP contribution < -0.4 is 15.4 Å². The zero-order valence-electron chi connectivity index (χ0n) is 15.1. The van der Waals surface area contributed by atoms with Crippen molar-refractivity contribution in [1.82, 2.24) is 5.32 Å². The highest BCUT2D eigenvalue weighted by Crippen LogP contribution is 2.19. The van der Waals surface area contributed by atoms with Crippen LogP contribution in [-0.4, -0.2) is 25.0 Å². The Labute approximate surface area is 149 Å². The van der Waals surface area contributed by atoms with Crippen LogP contribution in [0.25, 0.3) is 0 Å². The molecule has 0 spiro atoms. The van der Waals surface area contributed by atoms with Crippen molar-refractivity contribution in [3.05, 3.63) is 35.9 Å². The Kier molecular flexibility index (Phi) is 7.51. The topological polar surface area (TPSA) is 67.4 Å². The molecule has 1 aliphatic rings. The summed E-state index contributed by atoms with van der Waals surface area (Å²) in [6, 6.07) is 7.03. The molecule has 0 bridgehead atoms. The van der Waals surface area contributed by atoms with Crippen molar-refractivity contribution >= 4 is 17.5 Å². The average Bonchev–Trinajstić information content (AvgIpc) is 2.62. The Balaban J connectivity index is 1.72. The van der Waals surface area contributed by atoms with Crippen molar-refractivity contribution in [1.29, 1.82) is 0 Å². The first-order valence-corrected chi connectivity index (χ1v) is 9.04. The smallest absolute Gasteiger partial charge is 0.313 e. The fourth-order valence-electron chi connectivity index (χ4n) is 2.63. The number of rotatable bonds is 7. The summed E-state index contributed by atoms with van der Waals surface area (Å²) >= 11 is 0. The number of nitrogens with one attached hydrogen (secondary N) is 2. The molecule has 1 aromatic rings. The molecule has 0 saturated heterocycles. The van der Waals surface area contributed by atoms with Gasteiger partial charge in [-0.05, 0) is 62.3 Å². The molecule has 2 N–H and O–H groups in total. The number of anilines is 1. The van der Waals surface area contributed by atoms with Gasteiger partial charge in [-0.1, -0.05) is 25.5 Å². The molecular formula is C20H28N2O3. The van der Waals surface area contributed by atoms with Crippen LogP contribution in [0.1, 0.15) is 46.0 Å². The van der Waals surface area contributed by atoms with Gasteiger partial charge in [-0.15, -0.1) is 0 Å². The second kappa shape index (κ2) is 9.87. The second-order valence-corrected chi connectivity index (χ2v) is 6.80. The van der Waals surface area contributed by atoms with Crippen LogP contribution in [-0.2, 0) is 9.59 Å². The molecule has 0 aliphatic heterocycles. The van der Waals surface area contributed by atoms with E-state index in [1.54, 1.807) is 24.3 Å². The van der Waals surface area contributed by atoms with Crippen molar-refractivity contribution in [2.75, 3.05) is 18.5 Å². The van der Waals surface area contributed by atoms with Gasteiger partial charge in [0, 0.05) is 12.2 Å². The Bertz CT molecular complexity index is 606. The lowest BCUT2D eigenvalue weighted by atomic mass is 9.97. The number of carbonyl (C=O) groups is 2. The molecule has 2 rings (SSSR count). The zero-order valence-corrected chi connectivity index (χ0v) is 15.1. The lowest BCUT2D eigenvalue weighted by molar-refractivity contribution is -0.136. The zero-order chi connectivity index (χ0) is 18.1. The molecule has 2 amide bonds. The normalized spacial score (nSPS) is 14.0. The van der Waals surface area contributed by atoms with Gasteiger partial charge in [-0.3, -0.25) is 9.59 Å². The van der Waals surface area contributed by atoms with Crippen LogP contribution in [0.15, 0.2) is 35.9 Å². The van der Waals surface area contributed by atoms with Crippen LogP contribution in [0.5, 0.6) is 5.75 Å². The fourth-order valence-corrected chi connectivity index (χ4v) is 2.63. The second-order valence-electron chi connectivity index (χ2n) is 6.80. The summed E-state index contributed by atoms with van der Waals surface area (Å²) in [5, 5.41) is 5.28. The molecule has 25 heavy (non-hydrogen) atoms. The minimum Gasteiger partial charge on any atom is -0.493 e. The van der Waals surface area contributed by atoms with Gasteiger partial charge in [0.05, 0.1) is 6.61 Å². The van der Waals surface area contributed by atoms with Gasteiger partial charge in [0.25, 0.3) is 0 Å². The molecule has 0 saturated carbocycles. The van der Waals surface area contributed by atoms with Gasteiger partial charge in [0.1, 0.15) is 5.75 Å². The summed E-state index contributed by atoms with van der Waals surface area (Å²) < 4.78 is 5.59. The van der Waals surface area contributed by atoms with Crippen LogP contribution in [0.3, 0.4) is 0 Å². The first-order valence-electron chi connectivity index (χ1n) is 9.04. The maximum absolute atomic E-state index is 11.9. The Morgan fingerprint density at radius 3 is 2.52 bits per heavy atom. The van der Waals surface area contributed by atoms with E-state index in [1.807, 2.05) is 0 Å². The largest absolute Gasteiger partial charge is 0.493 e. The van der Waals surface area contributed by atoms with E-state index in [4.69, 9.17) is 4.74 Å². The minimum absolute atomic E-state index is 0.451. The van der Waals surface area contributed by atoms with Gasteiger partial charge in [-0.2, -0.15) is 0 Å². The van der Waals surface area contributed by atoms with E-state index in [0.29, 0.717) is 24.8 Å². The number of hydrogen-bond acceptors (Lipinski definition) is 3. The molecular weight excluding hydrogens is 316 g/mol. The third-order valence-electron chi connectivity index (χ3n) is 4.02. The van der Waals surface area contributed by atoms with E-state index in [0.717, 1.165) is 25.0 Å². The van der Waals surface area contributed by atoms with Crippen molar-refractivity contribution in [3.8, 4) is 5.75 Å². The first kappa shape index (κ1) is 19.0. The maximum Gasteiger partial charge on any atom is 0.313 e. The highest BCUT2D eigenvalue weighted by Gasteiger charge is 2.13. The molecule has 1 aliphatic carbocycles. The predicted molar refractivity (Wildman–Crippen MR) is 99.6 cm³/mol. The third kappa shape index (κ3) is 6.99. The van der Waals surface area contributed by atoms with Crippen LogP contribution in [0, 0.1) is 5.92 Å². The molecule has 0 fully saturated rings. The Hall–Kier alpha value is -2.30. The van der Waals surface area contributed by atoms with Gasteiger partial charge in [0.2, 0.25) is 0 Å². The number of carbonyl (C=O) groups excluding carboxylic acids is 2. The summed E-state index contributed by atoms with van der Waals surface area (Å²) in [5.74, 6) is -0.0469. The predicted octanol–water partition coefficient (Wildman–Crippen LogP) is 3.67. The van der Waals surface area contributed by atoms with E-state index < -0.39 is 11.8 Å². The number of allylic oxidation sites excluding steroid dienone is 1. The average molecular weight is 344 g/mol. The first-order chi connectivity index (χ1) is 12.0. The Morgan fingerprint density at radius 2 is 1.88 bits per heavy atom. The molecule has 0 heterocycles. The summed E-state index contributed by atoms with van der Waals surface area (Å²) in [6.45, 7) is 5.31. The molecule has 136 valence electrons. The van der Waals surface area contributed by atoms with E-state index in [1.165, 1.54) is 18.4 Å². The number of hydrogen-bond donors (Lipinski definition) is 2. The molecule has 0 atom stereocenters. The summed E-state index contributed by atoms with van der Waals surface area (Å²) in [7, 11) is 0. The summed E-state index contributed by atoms with van der Waals surface area (Å²) in [5.41, 5.74) is 1.95. The van der Waals surface area contributed by atoms with E-state index in [-0.39, 0.29) is 0 Å². The van der Waals surface area contributed by atoms with Gasteiger partial charge >= 0.3 is 11.8 Å². The van der Waals surface area contributed by atoms with Gasteiger partial charge < -0.3 is 15.4 Å². The monoisotopic (exact) mass is 344 g/mol. The molecule has 1 aromatic carbocycles. The van der Waals surface area contributed by atoms with Crippen molar-refractivity contribution in [2.24, 2.45) is 5.92 Å². The number of amides is 2. The number of benzene rings is 1. The Morgan fingerprint density at radius 1 is 1.12 bits per heavy atom. The molecule has 5 nitrogen and oxygen atoms in total. The molecule has 0 unspecified atom stereocenters. The summed E-state index contributed by atoms with van der Waals surface area (Å²) in [6.07, 6.45) is 7.77. The van der Waals surface area contributed by atoms with Crippen molar-refractivity contribution < 1.29 is 14.3 Å². The van der Waals surface area contributed by atoms with E-state index in [9.17, 15) is 9.59 Å². The standard InChI is InChI=1S/C20H28N2O3/c1-15(2)14-25-18-10-8-17(9-11-18)22-20(24)19(23)21-13-12-16-6-4-3-5-7-16/h6,8-11,15H,3-5,7,12-14H2,1-2H3,(H,21,23)(H,22,24). The van der Waals surface area contributed by atoms with Crippen LogP contribution in [0.2, 0.25) is 0 Å². The lowest BCUT2D eigenvalue weighted by Gasteiger charge is -2.13. The highest BCUT2D eigenvalue weighted by molar-refractivity contribution is 6.39. The van der Waals surface area contributed by atoms with Crippen LogP contribution >= 0.6 is 0 Å². The fraction of sp³-hybridized carbons (Fsp3) is 0.500. The molecule has 0 radical (unpaired) electrons. The highest BCUT2D eigenvalue weighted by atomic mass is 16.5. The quantitative estimate of drug-likeness (QED) is 0.586. The van der Waals surface area contributed by atoms with Gasteiger partial charge in [-0.25, -0.2) is 0 Å². The summed E-state index contributed by atoms with van der Waals surface area (Å²) in [4.78, 5) is 23.8. The van der Waals surface area contributed by atoms with Crippen molar-refractivity contribution in [3.63, 3.8) is 0 Å². The number of ether oxygens (including phenoxy) is 1. The minimum atomic E-state index is -0.645.